The monoisotopic (exact) mass is 262 g/mol. The zero-order valence-electron chi connectivity index (χ0n) is 10.8. The van der Waals surface area contributed by atoms with Crippen molar-refractivity contribution in [1.82, 2.24) is 0 Å². The molecule has 0 amide bonds. The normalized spacial score (nSPS) is 29.6. The van der Waals surface area contributed by atoms with E-state index in [9.17, 15) is 9.90 Å². The molecule has 0 saturated carbocycles. The lowest BCUT2D eigenvalue weighted by molar-refractivity contribution is -0.154. The van der Waals surface area contributed by atoms with Crippen molar-refractivity contribution in [2.24, 2.45) is 5.41 Å². The molecule has 1 aromatic carbocycles. The minimum absolute atomic E-state index is 0.0602. The third-order valence-electron chi connectivity index (χ3n) is 4.10. The first kappa shape index (κ1) is 12.5. The highest BCUT2D eigenvalue weighted by molar-refractivity contribution is 5.76. The maximum Gasteiger partial charge on any atom is 0.313 e. The highest BCUT2D eigenvalue weighted by Gasteiger charge is 2.45. The van der Waals surface area contributed by atoms with E-state index in [4.69, 9.17) is 9.47 Å². The van der Waals surface area contributed by atoms with Gasteiger partial charge in [0.2, 0.25) is 0 Å². The minimum Gasteiger partial charge on any atom is -0.492 e. The molecule has 0 radical (unpaired) electrons. The first-order valence-corrected chi connectivity index (χ1v) is 6.75. The zero-order valence-corrected chi connectivity index (χ0v) is 10.8. The number of rotatable bonds is 3. The molecule has 0 spiro atoms. The molecule has 0 aromatic heterocycles. The molecule has 1 fully saturated rings. The highest BCUT2D eigenvalue weighted by atomic mass is 16.5. The molecule has 1 N–H and O–H groups in total. The van der Waals surface area contributed by atoms with Crippen molar-refractivity contribution >= 4 is 5.97 Å². The Bertz CT molecular complexity index is 479. The molecule has 1 aromatic rings. The van der Waals surface area contributed by atoms with Crippen LogP contribution in [0.2, 0.25) is 0 Å². The van der Waals surface area contributed by atoms with Gasteiger partial charge in [-0.1, -0.05) is 18.2 Å². The van der Waals surface area contributed by atoms with Crippen LogP contribution in [0.1, 0.15) is 24.8 Å². The van der Waals surface area contributed by atoms with Crippen LogP contribution >= 0.6 is 0 Å². The van der Waals surface area contributed by atoms with Crippen molar-refractivity contribution in [3.8, 4) is 5.75 Å². The minimum atomic E-state index is -0.844. The average Bonchev–Trinajstić information content (AvgIpc) is 2.91. The number of benzene rings is 1. The number of carboxylic acids is 1. The van der Waals surface area contributed by atoms with Gasteiger partial charge >= 0.3 is 5.97 Å². The van der Waals surface area contributed by atoms with Crippen LogP contribution in [-0.4, -0.2) is 30.4 Å². The average molecular weight is 262 g/mol. The molecule has 19 heavy (non-hydrogen) atoms. The van der Waals surface area contributed by atoms with E-state index in [1.807, 2.05) is 24.3 Å². The predicted octanol–water partition coefficient (Wildman–Crippen LogP) is 2.26. The molecule has 2 aliphatic heterocycles. The van der Waals surface area contributed by atoms with Gasteiger partial charge in [-0.05, 0) is 37.3 Å². The van der Waals surface area contributed by atoms with Crippen molar-refractivity contribution in [1.29, 1.82) is 0 Å². The molecular weight excluding hydrogens is 244 g/mol. The number of hydrogen-bond donors (Lipinski definition) is 1. The van der Waals surface area contributed by atoms with E-state index in [-0.39, 0.29) is 12.7 Å². The third kappa shape index (κ3) is 2.32. The molecule has 2 unspecified atom stereocenters. The van der Waals surface area contributed by atoms with Gasteiger partial charge < -0.3 is 14.6 Å². The molecule has 0 bridgehead atoms. The standard InChI is InChI=1S/C15H18O4/c16-14(17)15(9-12-5-3-7-18-12)8-11-4-1-2-6-13(11)19-10-15/h1-2,4,6,12H,3,5,7-10H2,(H,16,17). The van der Waals surface area contributed by atoms with Gasteiger partial charge in [0.15, 0.2) is 0 Å². The summed E-state index contributed by atoms with van der Waals surface area (Å²) >= 11 is 0. The van der Waals surface area contributed by atoms with Crippen LogP contribution in [0.5, 0.6) is 5.75 Å². The second-order valence-electron chi connectivity index (χ2n) is 5.50. The van der Waals surface area contributed by atoms with Gasteiger partial charge in [0.1, 0.15) is 17.8 Å². The largest absolute Gasteiger partial charge is 0.492 e. The summed E-state index contributed by atoms with van der Waals surface area (Å²) in [5, 5.41) is 9.64. The maximum atomic E-state index is 11.7. The van der Waals surface area contributed by atoms with Crippen molar-refractivity contribution in [3.63, 3.8) is 0 Å². The van der Waals surface area contributed by atoms with Crippen molar-refractivity contribution in [2.75, 3.05) is 13.2 Å². The lowest BCUT2D eigenvalue weighted by Crippen LogP contribution is -2.44. The van der Waals surface area contributed by atoms with Gasteiger partial charge in [-0.15, -0.1) is 0 Å². The molecule has 2 atom stereocenters. The topological polar surface area (TPSA) is 55.8 Å². The first-order valence-electron chi connectivity index (χ1n) is 6.75. The van der Waals surface area contributed by atoms with Gasteiger partial charge in [0, 0.05) is 6.61 Å². The summed E-state index contributed by atoms with van der Waals surface area (Å²) in [6.45, 7) is 0.983. The number of fused-ring (bicyclic) bond motifs is 1. The lowest BCUT2D eigenvalue weighted by Gasteiger charge is -2.35. The number of carboxylic acid groups (broad SMARTS) is 1. The second-order valence-corrected chi connectivity index (χ2v) is 5.50. The smallest absolute Gasteiger partial charge is 0.313 e. The van der Waals surface area contributed by atoms with Crippen LogP contribution in [0.25, 0.3) is 0 Å². The Morgan fingerprint density at radius 1 is 1.42 bits per heavy atom. The quantitative estimate of drug-likeness (QED) is 0.907. The molecule has 1 saturated heterocycles. The van der Waals surface area contributed by atoms with E-state index in [0.717, 1.165) is 30.8 Å². The molecule has 4 nitrogen and oxygen atoms in total. The number of carbonyl (C=O) groups is 1. The second kappa shape index (κ2) is 4.85. The Kier molecular flexibility index (Phi) is 3.19. The van der Waals surface area contributed by atoms with Crippen molar-refractivity contribution < 1.29 is 19.4 Å². The Hall–Kier alpha value is -1.55. The Morgan fingerprint density at radius 3 is 3.00 bits per heavy atom. The van der Waals surface area contributed by atoms with Crippen molar-refractivity contribution in [3.05, 3.63) is 29.8 Å². The van der Waals surface area contributed by atoms with Gasteiger partial charge in [-0.3, -0.25) is 4.79 Å². The van der Waals surface area contributed by atoms with E-state index < -0.39 is 11.4 Å². The zero-order chi connectivity index (χ0) is 13.3. The molecule has 0 aliphatic carbocycles. The van der Waals surface area contributed by atoms with Crippen LogP contribution in [0.4, 0.5) is 0 Å². The number of aliphatic carboxylic acids is 1. The van der Waals surface area contributed by atoms with E-state index in [2.05, 4.69) is 0 Å². The third-order valence-corrected chi connectivity index (χ3v) is 4.10. The maximum absolute atomic E-state index is 11.7. The van der Waals surface area contributed by atoms with Gasteiger partial charge in [-0.2, -0.15) is 0 Å². The Morgan fingerprint density at radius 2 is 2.26 bits per heavy atom. The van der Waals surface area contributed by atoms with E-state index in [1.165, 1.54) is 0 Å². The highest BCUT2D eigenvalue weighted by Crippen LogP contribution is 2.39. The van der Waals surface area contributed by atoms with Crippen LogP contribution in [-0.2, 0) is 16.0 Å². The Balaban J connectivity index is 1.84. The molecule has 102 valence electrons. The van der Waals surface area contributed by atoms with Gasteiger partial charge in [0.05, 0.1) is 6.10 Å². The summed E-state index contributed by atoms with van der Waals surface area (Å²) < 4.78 is 11.3. The number of ether oxygens (including phenoxy) is 2. The number of para-hydroxylation sites is 1. The first-order chi connectivity index (χ1) is 9.20. The van der Waals surface area contributed by atoms with Crippen LogP contribution in [0.3, 0.4) is 0 Å². The fraction of sp³-hybridized carbons (Fsp3) is 0.533. The van der Waals surface area contributed by atoms with E-state index in [1.54, 1.807) is 0 Å². The summed E-state index contributed by atoms with van der Waals surface area (Å²) in [6, 6.07) is 7.67. The summed E-state index contributed by atoms with van der Waals surface area (Å²) in [5.74, 6) is 0.0317. The Labute approximate surface area is 112 Å². The van der Waals surface area contributed by atoms with Crippen LogP contribution in [0, 0.1) is 5.41 Å². The number of hydrogen-bond acceptors (Lipinski definition) is 3. The SMILES string of the molecule is O=C(O)C1(CC2CCCO2)COc2ccccc2C1. The van der Waals surface area contributed by atoms with Gasteiger partial charge in [0.25, 0.3) is 0 Å². The molecule has 4 heteroatoms. The summed E-state index contributed by atoms with van der Waals surface area (Å²) in [4.78, 5) is 11.7. The summed E-state index contributed by atoms with van der Waals surface area (Å²) in [6.07, 6.45) is 3.11. The summed E-state index contributed by atoms with van der Waals surface area (Å²) in [7, 11) is 0. The fourth-order valence-electron chi connectivity index (χ4n) is 3.02. The molecule has 3 rings (SSSR count). The van der Waals surface area contributed by atoms with E-state index >= 15 is 0 Å². The van der Waals surface area contributed by atoms with E-state index in [0.29, 0.717) is 12.8 Å². The predicted molar refractivity (Wildman–Crippen MR) is 69.3 cm³/mol. The molecule has 2 heterocycles. The van der Waals surface area contributed by atoms with Gasteiger partial charge in [-0.25, -0.2) is 0 Å². The van der Waals surface area contributed by atoms with Crippen molar-refractivity contribution in [2.45, 2.75) is 31.8 Å². The fourth-order valence-corrected chi connectivity index (χ4v) is 3.02. The molecule has 2 aliphatic rings. The summed E-state index contributed by atoms with van der Waals surface area (Å²) in [5.41, 5.74) is 0.137. The van der Waals surface area contributed by atoms with Crippen LogP contribution in [0.15, 0.2) is 24.3 Å². The lowest BCUT2D eigenvalue weighted by atomic mass is 9.75. The van der Waals surface area contributed by atoms with Crippen LogP contribution < -0.4 is 4.74 Å². The molecular formula is C15H18O4.